The summed E-state index contributed by atoms with van der Waals surface area (Å²) in [6.45, 7) is 7.64. The number of amides is 1. The van der Waals surface area contributed by atoms with Crippen molar-refractivity contribution in [3.8, 4) is 5.75 Å². The van der Waals surface area contributed by atoms with E-state index < -0.39 is 0 Å². The van der Waals surface area contributed by atoms with Gasteiger partial charge in [-0.1, -0.05) is 6.07 Å². The van der Waals surface area contributed by atoms with Crippen molar-refractivity contribution in [1.29, 1.82) is 0 Å². The molecule has 1 aromatic heterocycles. The maximum Gasteiger partial charge on any atom is 0.221 e. The number of aliphatic imine (C=N–C) groups is 1. The van der Waals surface area contributed by atoms with Crippen LogP contribution in [0.1, 0.15) is 29.2 Å². The Morgan fingerprint density at radius 1 is 1.22 bits per heavy atom. The zero-order chi connectivity index (χ0) is 18.9. The summed E-state index contributed by atoms with van der Waals surface area (Å²) in [5, 5.41) is 9.38. The molecule has 0 saturated heterocycles. The maximum atomic E-state index is 11.4. The van der Waals surface area contributed by atoms with Crippen LogP contribution in [0.25, 0.3) is 0 Å². The third kappa shape index (κ3) is 7.76. The van der Waals surface area contributed by atoms with Gasteiger partial charge >= 0.3 is 0 Å². The van der Waals surface area contributed by atoms with Gasteiger partial charge in [0.2, 0.25) is 5.91 Å². The monoisotopic (exact) mass is 502 g/mol. The first-order valence-corrected chi connectivity index (χ1v) is 9.35. The summed E-state index contributed by atoms with van der Waals surface area (Å²) in [5.74, 6) is 1.26. The summed E-state index contributed by atoms with van der Waals surface area (Å²) in [6, 6.07) is 9.91. The largest absolute Gasteiger partial charge is 0.495 e. The van der Waals surface area contributed by atoms with E-state index in [1.165, 1.54) is 16.7 Å². The Morgan fingerprint density at radius 2 is 2.00 bits per heavy atom. The standard InChI is InChI=1S/C19H26N4O2S.HI/c1-5-20-19(22-12-16-8-6-13(2)26-16)21-11-15-7-9-18(25-4)17(10-15)23-14(3)24;/h6-10H,5,11-12H2,1-4H3,(H,23,24)(H2,20,21,22);1H. The minimum Gasteiger partial charge on any atom is -0.495 e. The molecular formula is C19H27IN4O2S. The Morgan fingerprint density at radius 3 is 2.59 bits per heavy atom. The fourth-order valence-electron chi connectivity index (χ4n) is 2.40. The van der Waals surface area contributed by atoms with Gasteiger partial charge in [0.15, 0.2) is 5.96 Å². The zero-order valence-corrected chi connectivity index (χ0v) is 19.2. The van der Waals surface area contributed by atoms with Crippen LogP contribution in [0.15, 0.2) is 35.3 Å². The highest BCUT2D eigenvalue weighted by Crippen LogP contribution is 2.25. The number of anilines is 1. The molecule has 0 unspecified atom stereocenters. The molecule has 0 bridgehead atoms. The first-order valence-electron chi connectivity index (χ1n) is 8.53. The van der Waals surface area contributed by atoms with Gasteiger partial charge in [0, 0.05) is 23.2 Å². The van der Waals surface area contributed by atoms with Crippen molar-refractivity contribution in [3.63, 3.8) is 0 Å². The summed E-state index contributed by atoms with van der Waals surface area (Å²) >= 11 is 1.77. The Balaban J connectivity index is 0.00000364. The molecule has 0 atom stereocenters. The first-order chi connectivity index (χ1) is 12.5. The summed E-state index contributed by atoms with van der Waals surface area (Å²) in [6.07, 6.45) is 0. The topological polar surface area (TPSA) is 74.8 Å². The number of hydrogen-bond donors (Lipinski definition) is 3. The van der Waals surface area contributed by atoms with Crippen molar-refractivity contribution in [2.24, 2.45) is 4.99 Å². The molecule has 0 spiro atoms. The minimum absolute atomic E-state index is 0. The van der Waals surface area contributed by atoms with E-state index in [1.54, 1.807) is 18.4 Å². The number of carbonyl (C=O) groups excluding carboxylic acids is 1. The van der Waals surface area contributed by atoms with Crippen LogP contribution in [0, 0.1) is 6.92 Å². The number of hydrogen-bond acceptors (Lipinski definition) is 4. The van der Waals surface area contributed by atoms with Gasteiger partial charge in [0.05, 0.1) is 25.9 Å². The lowest BCUT2D eigenvalue weighted by Crippen LogP contribution is -2.36. The summed E-state index contributed by atoms with van der Waals surface area (Å²) in [5.41, 5.74) is 1.64. The molecule has 0 aliphatic heterocycles. The molecule has 1 amide bonds. The highest BCUT2D eigenvalue weighted by molar-refractivity contribution is 14.0. The molecule has 8 heteroatoms. The van der Waals surface area contributed by atoms with Gasteiger partial charge in [-0.3, -0.25) is 4.79 Å². The highest BCUT2D eigenvalue weighted by atomic mass is 127. The van der Waals surface area contributed by atoms with E-state index in [4.69, 9.17) is 4.74 Å². The highest BCUT2D eigenvalue weighted by Gasteiger charge is 2.06. The van der Waals surface area contributed by atoms with Gasteiger partial charge in [0.25, 0.3) is 0 Å². The van der Waals surface area contributed by atoms with E-state index >= 15 is 0 Å². The normalized spacial score (nSPS) is 10.7. The third-order valence-corrected chi connectivity index (χ3v) is 4.57. The average Bonchev–Trinajstić information content (AvgIpc) is 3.02. The van der Waals surface area contributed by atoms with Crippen LogP contribution < -0.4 is 20.7 Å². The van der Waals surface area contributed by atoms with E-state index in [0.717, 1.165) is 24.6 Å². The predicted octanol–water partition coefficient (Wildman–Crippen LogP) is 3.90. The van der Waals surface area contributed by atoms with Crippen molar-refractivity contribution in [2.45, 2.75) is 33.9 Å². The number of halogens is 1. The van der Waals surface area contributed by atoms with E-state index in [1.807, 2.05) is 25.1 Å². The Bertz CT molecular complexity index is 777. The maximum absolute atomic E-state index is 11.4. The number of thiophene rings is 1. The van der Waals surface area contributed by atoms with Crippen molar-refractivity contribution >= 4 is 52.9 Å². The Labute approximate surface area is 181 Å². The molecule has 2 aromatic rings. The van der Waals surface area contributed by atoms with E-state index in [9.17, 15) is 4.79 Å². The molecule has 27 heavy (non-hydrogen) atoms. The zero-order valence-electron chi connectivity index (χ0n) is 16.1. The van der Waals surface area contributed by atoms with Crippen molar-refractivity contribution in [1.82, 2.24) is 10.6 Å². The number of methoxy groups -OCH3 is 1. The van der Waals surface area contributed by atoms with Crippen molar-refractivity contribution in [3.05, 3.63) is 45.6 Å². The molecule has 6 nitrogen and oxygen atoms in total. The van der Waals surface area contributed by atoms with Crippen LogP contribution in [-0.4, -0.2) is 25.5 Å². The second-order valence-corrected chi connectivity index (χ2v) is 7.15. The first kappa shape index (κ1) is 23.2. The van der Waals surface area contributed by atoms with Crippen LogP contribution in [0.4, 0.5) is 5.69 Å². The summed E-state index contributed by atoms with van der Waals surface area (Å²) in [4.78, 5) is 18.5. The Kier molecular flexibility index (Phi) is 10.2. The van der Waals surface area contributed by atoms with Gasteiger partial charge in [-0.05, 0) is 43.7 Å². The number of rotatable bonds is 7. The SMILES string of the molecule is CCNC(=NCc1ccc(OC)c(NC(C)=O)c1)NCc1ccc(C)s1.I. The lowest BCUT2D eigenvalue weighted by Gasteiger charge is -2.12. The summed E-state index contributed by atoms with van der Waals surface area (Å²) < 4.78 is 5.28. The lowest BCUT2D eigenvalue weighted by atomic mass is 10.2. The van der Waals surface area contributed by atoms with Crippen LogP contribution in [-0.2, 0) is 17.9 Å². The van der Waals surface area contributed by atoms with Crippen LogP contribution in [0.2, 0.25) is 0 Å². The quantitative estimate of drug-likeness (QED) is 0.305. The number of guanidine groups is 1. The van der Waals surface area contributed by atoms with E-state index in [0.29, 0.717) is 18.0 Å². The van der Waals surface area contributed by atoms with Gasteiger partial charge < -0.3 is 20.7 Å². The fourth-order valence-corrected chi connectivity index (χ4v) is 3.23. The predicted molar refractivity (Wildman–Crippen MR) is 123 cm³/mol. The number of aryl methyl sites for hydroxylation is 1. The molecule has 0 aliphatic carbocycles. The molecule has 0 fully saturated rings. The van der Waals surface area contributed by atoms with Crippen LogP contribution in [0.5, 0.6) is 5.75 Å². The molecule has 0 radical (unpaired) electrons. The summed E-state index contributed by atoms with van der Waals surface area (Å²) in [7, 11) is 1.58. The van der Waals surface area contributed by atoms with Crippen molar-refractivity contribution < 1.29 is 9.53 Å². The molecule has 1 heterocycles. The smallest absolute Gasteiger partial charge is 0.221 e. The molecule has 0 aliphatic rings. The molecule has 148 valence electrons. The minimum atomic E-state index is -0.134. The fraction of sp³-hybridized carbons (Fsp3) is 0.368. The average molecular weight is 502 g/mol. The number of benzene rings is 1. The molecule has 2 rings (SSSR count). The van der Waals surface area contributed by atoms with E-state index in [2.05, 4.69) is 40.0 Å². The van der Waals surface area contributed by atoms with Gasteiger partial charge in [-0.2, -0.15) is 0 Å². The number of nitrogens with one attached hydrogen (secondary N) is 3. The van der Waals surface area contributed by atoms with Crippen molar-refractivity contribution in [2.75, 3.05) is 19.0 Å². The van der Waals surface area contributed by atoms with Crippen LogP contribution in [0.3, 0.4) is 0 Å². The molecule has 3 N–H and O–H groups in total. The van der Waals surface area contributed by atoms with Gasteiger partial charge in [-0.15, -0.1) is 35.3 Å². The Hall–Kier alpha value is -1.81. The molecule has 0 saturated carbocycles. The van der Waals surface area contributed by atoms with Gasteiger partial charge in [0.1, 0.15) is 5.75 Å². The lowest BCUT2D eigenvalue weighted by molar-refractivity contribution is -0.114. The number of ether oxygens (including phenoxy) is 1. The van der Waals surface area contributed by atoms with Crippen LogP contribution >= 0.6 is 35.3 Å². The molecule has 1 aromatic carbocycles. The second kappa shape index (κ2) is 11.8. The third-order valence-electron chi connectivity index (χ3n) is 3.56. The molecular weight excluding hydrogens is 475 g/mol. The number of carbonyl (C=O) groups is 1. The van der Waals surface area contributed by atoms with E-state index in [-0.39, 0.29) is 29.9 Å². The second-order valence-electron chi connectivity index (χ2n) is 5.78. The number of nitrogens with zero attached hydrogens (tertiary/aromatic N) is 1. The van der Waals surface area contributed by atoms with Gasteiger partial charge in [-0.25, -0.2) is 4.99 Å².